The van der Waals surface area contributed by atoms with Crippen molar-refractivity contribution < 1.29 is 4.79 Å². The third-order valence-corrected chi connectivity index (χ3v) is 2.43. The van der Waals surface area contributed by atoms with E-state index in [1.165, 1.54) is 12.1 Å². The second-order valence-corrected chi connectivity index (χ2v) is 4.66. The van der Waals surface area contributed by atoms with E-state index in [-0.39, 0.29) is 5.02 Å². The monoisotopic (exact) mass is 256 g/mol. The van der Waals surface area contributed by atoms with Gasteiger partial charge in [0, 0.05) is 5.02 Å². The van der Waals surface area contributed by atoms with Crippen molar-refractivity contribution in [1.82, 2.24) is 5.32 Å². The Labute approximate surface area is 104 Å². The number of nitrogens with zero attached hydrogens (tertiary/aromatic N) is 1. The zero-order chi connectivity index (χ0) is 12.3. The van der Waals surface area contributed by atoms with Crippen molar-refractivity contribution >= 4 is 29.1 Å². The average molecular weight is 257 g/mol. The highest BCUT2D eigenvalue weighted by Gasteiger charge is 2.21. The zero-order valence-electron chi connectivity index (χ0n) is 8.84. The predicted octanol–water partition coefficient (Wildman–Crippen LogP) is 3.03. The van der Waals surface area contributed by atoms with Crippen LogP contribution in [0.3, 0.4) is 0 Å². The van der Waals surface area contributed by atoms with Gasteiger partial charge in [0.15, 0.2) is 0 Å². The molecule has 0 saturated carbocycles. The highest BCUT2D eigenvalue weighted by Crippen LogP contribution is 2.21. The van der Waals surface area contributed by atoms with Crippen LogP contribution in [0.5, 0.6) is 0 Å². The van der Waals surface area contributed by atoms with Gasteiger partial charge in [-0.25, -0.2) is 0 Å². The van der Waals surface area contributed by atoms with E-state index in [0.29, 0.717) is 10.6 Å². The predicted molar refractivity (Wildman–Crippen MR) is 63.6 cm³/mol. The van der Waals surface area contributed by atoms with Crippen molar-refractivity contribution in [2.75, 3.05) is 0 Å². The van der Waals surface area contributed by atoms with Crippen LogP contribution in [0.4, 0.5) is 0 Å². The molecule has 0 unspecified atom stereocenters. The van der Waals surface area contributed by atoms with Crippen molar-refractivity contribution in [3.05, 3.63) is 33.8 Å². The highest BCUT2D eigenvalue weighted by atomic mass is 35.5. The Morgan fingerprint density at radius 2 is 2.06 bits per heavy atom. The molecular weight excluding hydrogens is 247 g/mol. The van der Waals surface area contributed by atoms with E-state index in [4.69, 9.17) is 28.5 Å². The fraction of sp³-hybridized carbons (Fsp3) is 0.273. The highest BCUT2D eigenvalue weighted by molar-refractivity contribution is 6.36. The van der Waals surface area contributed by atoms with Crippen LogP contribution in [-0.2, 0) is 0 Å². The maximum Gasteiger partial charge on any atom is 0.254 e. The standard InChI is InChI=1S/C11H10Cl2N2O/c1-11(2,6-14)15-10(16)8-4-3-7(12)5-9(8)13/h3-5H,1-2H3,(H,15,16). The zero-order valence-corrected chi connectivity index (χ0v) is 10.4. The number of nitriles is 1. The van der Waals surface area contributed by atoms with Gasteiger partial charge in [-0.1, -0.05) is 23.2 Å². The first-order chi connectivity index (χ1) is 7.35. The van der Waals surface area contributed by atoms with Gasteiger partial charge in [0.2, 0.25) is 0 Å². The Balaban J connectivity index is 2.95. The normalized spacial score (nSPS) is 10.7. The van der Waals surface area contributed by atoms with Crippen molar-refractivity contribution in [3.63, 3.8) is 0 Å². The molecule has 84 valence electrons. The fourth-order valence-electron chi connectivity index (χ4n) is 1.05. The lowest BCUT2D eigenvalue weighted by Crippen LogP contribution is -2.42. The smallest absolute Gasteiger partial charge is 0.254 e. The van der Waals surface area contributed by atoms with Crippen LogP contribution in [0.2, 0.25) is 10.0 Å². The Morgan fingerprint density at radius 1 is 1.44 bits per heavy atom. The molecule has 1 aromatic rings. The summed E-state index contributed by atoms with van der Waals surface area (Å²) in [6, 6.07) is 6.55. The molecule has 0 aliphatic carbocycles. The van der Waals surface area contributed by atoms with E-state index >= 15 is 0 Å². The first-order valence-corrected chi connectivity index (χ1v) is 5.30. The summed E-state index contributed by atoms with van der Waals surface area (Å²) in [6.07, 6.45) is 0. The number of halogens is 2. The molecule has 16 heavy (non-hydrogen) atoms. The molecule has 0 radical (unpaired) electrons. The third-order valence-electron chi connectivity index (χ3n) is 1.88. The summed E-state index contributed by atoms with van der Waals surface area (Å²) < 4.78 is 0. The molecule has 0 atom stereocenters. The van der Waals surface area contributed by atoms with Gasteiger partial charge in [-0.15, -0.1) is 0 Å². The first-order valence-electron chi connectivity index (χ1n) is 4.54. The van der Waals surface area contributed by atoms with Gasteiger partial charge in [-0.3, -0.25) is 4.79 Å². The van der Waals surface area contributed by atoms with Crippen LogP contribution >= 0.6 is 23.2 Å². The van der Waals surface area contributed by atoms with Crippen LogP contribution in [0.1, 0.15) is 24.2 Å². The van der Waals surface area contributed by atoms with Crippen LogP contribution in [0.15, 0.2) is 18.2 Å². The number of carbonyl (C=O) groups excluding carboxylic acids is 1. The van der Waals surface area contributed by atoms with Gasteiger partial charge in [0.05, 0.1) is 16.7 Å². The van der Waals surface area contributed by atoms with Gasteiger partial charge < -0.3 is 5.32 Å². The Morgan fingerprint density at radius 3 is 2.56 bits per heavy atom. The summed E-state index contributed by atoms with van der Waals surface area (Å²) in [4.78, 5) is 11.8. The molecule has 0 spiro atoms. The fourth-order valence-corrected chi connectivity index (χ4v) is 1.55. The Bertz CT molecular complexity index is 464. The molecule has 0 aliphatic heterocycles. The summed E-state index contributed by atoms with van der Waals surface area (Å²) in [5.74, 6) is -0.395. The third kappa shape index (κ3) is 3.13. The van der Waals surface area contributed by atoms with Gasteiger partial charge in [-0.05, 0) is 32.0 Å². The molecule has 0 fully saturated rings. The second kappa shape index (κ2) is 4.73. The second-order valence-electron chi connectivity index (χ2n) is 3.82. The van der Waals surface area contributed by atoms with Gasteiger partial charge in [0.1, 0.15) is 5.54 Å². The quantitative estimate of drug-likeness (QED) is 0.885. The van der Waals surface area contributed by atoms with E-state index in [1.807, 2.05) is 6.07 Å². The molecule has 1 amide bonds. The van der Waals surface area contributed by atoms with Crippen molar-refractivity contribution in [2.24, 2.45) is 0 Å². The molecule has 0 bridgehead atoms. The lowest BCUT2D eigenvalue weighted by atomic mass is 10.1. The molecule has 5 heteroatoms. The molecule has 0 saturated heterocycles. The minimum atomic E-state index is -0.931. The molecule has 0 heterocycles. The average Bonchev–Trinajstić information content (AvgIpc) is 2.16. The number of nitrogens with one attached hydrogen (secondary N) is 1. The number of hydrogen-bond donors (Lipinski definition) is 1. The lowest BCUT2D eigenvalue weighted by molar-refractivity contribution is 0.0929. The Hall–Kier alpha value is -1.24. The summed E-state index contributed by atoms with van der Waals surface area (Å²) in [7, 11) is 0. The molecule has 0 aromatic heterocycles. The molecule has 1 rings (SSSR count). The van der Waals surface area contributed by atoms with Gasteiger partial charge in [0.25, 0.3) is 5.91 Å². The first kappa shape index (κ1) is 12.8. The number of hydrogen-bond acceptors (Lipinski definition) is 2. The van der Waals surface area contributed by atoms with Crippen LogP contribution in [0, 0.1) is 11.3 Å². The minimum Gasteiger partial charge on any atom is -0.334 e. The van der Waals surface area contributed by atoms with E-state index in [2.05, 4.69) is 5.32 Å². The van der Waals surface area contributed by atoms with Crippen LogP contribution < -0.4 is 5.32 Å². The Kier molecular flexibility index (Phi) is 3.79. The van der Waals surface area contributed by atoms with Gasteiger partial charge in [-0.2, -0.15) is 5.26 Å². The number of benzene rings is 1. The summed E-state index contributed by atoms with van der Waals surface area (Å²) in [5, 5.41) is 12.1. The molecule has 1 N–H and O–H groups in total. The largest absolute Gasteiger partial charge is 0.334 e. The van der Waals surface area contributed by atoms with Crippen LogP contribution in [0.25, 0.3) is 0 Å². The van der Waals surface area contributed by atoms with Crippen molar-refractivity contribution in [1.29, 1.82) is 5.26 Å². The number of carbonyl (C=O) groups is 1. The molecular formula is C11H10Cl2N2O. The maximum atomic E-state index is 11.8. The maximum absolute atomic E-state index is 11.8. The van der Waals surface area contributed by atoms with E-state index < -0.39 is 11.4 Å². The van der Waals surface area contributed by atoms with Crippen LogP contribution in [-0.4, -0.2) is 11.4 Å². The SMILES string of the molecule is CC(C)(C#N)NC(=O)c1ccc(Cl)cc1Cl. The number of amides is 1. The minimum absolute atomic E-state index is 0.263. The summed E-state index contributed by atoms with van der Waals surface area (Å²) in [5.41, 5.74) is -0.630. The van der Waals surface area contributed by atoms with E-state index in [9.17, 15) is 4.79 Å². The molecule has 1 aromatic carbocycles. The lowest BCUT2D eigenvalue weighted by Gasteiger charge is -2.17. The summed E-state index contributed by atoms with van der Waals surface area (Å²) in [6.45, 7) is 3.21. The van der Waals surface area contributed by atoms with E-state index in [0.717, 1.165) is 0 Å². The van der Waals surface area contributed by atoms with Crippen molar-refractivity contribution in [2.45, 2.75) is 19.4 Å². The van der Waals surface area contributed by atoms with E-state index in [1.54, 1.807) is 19.9 Å². The van der Waals surface area contributed by atoms with Crippen molar-refractivity contribution in [3.8, 4) is 6.07 Å². The molecule has 3 nitrogen and oxygen atoms in total. The number of rotatable bonds is 2. The molecule has 0 aliphatic rings. The topological polar surface area (TPSA) is 52.9 Å². The summed E-state index contributed by atoms with van der Waals surface area (Å²) >= 11 is 11.6. The van der Waals surface area contributed by atoms with Gasteiger partial charge >= 0.3 is 0 Å².